The van der Waals surface area contributed by atoms with Gasteiger partial charge in [-0.25, -0.2) is 4.39 Å². The minimum absolute atomic E-state index is 0.237. The maximum Gasteiger partial charge on any atom is 0.139 e. The normalized spacial score (nSPS) is 12.8. The molecule has 3 aromatic rings. The Hall–Kier alpha value is -2.13. The van der Waals surface area contributed by atoms with E-state index in [0.29, 0.717) is 11.3 Å². The number of fused-ring (bicyclic) bond motifs is 1. The first-order valence-electron chi connectivity index (χ1n) is 6.49. The number of hydrogen-bond acceptors (Lipinski definition) is 2. The number of aryl methyl sites for hydroxylation is 2. The van der Waals surface area contributed by atoms with Crippen LogP contribution in [0.15, 0.2) is 46.9 Å². The van der Waals surface area contributed by atoms with Crippen LogP contribution in [-0.2, 0) is 0 Å². The molecule has 3 rings (SSSR count). The van der Waals surface area contributed by atoms with E-state index in [2.05, 4.69) is 0 Å². The molecular weight excluding hydrogens is 255 g/mol. The van der Waals surface area contributed by atoms with Crippen LogP contribution in [0.4, 0.5) is 4.39 Å². The van der Waals surface area contributed by atoms with Crippen molar-refractivity contribution in [2.75, 3.05) is 0 Å². The number of benzene rings is 2. The van der Waals surface area contributed by atoms with Crippen molar-refractivity contribution in [1.82, 2.24) is 0 Å². The molecule has 20 heavy (non-hydrogen) atoms. The standard InChI is InChI=1S/C17H15FO2/c1-10-4-6-15-12(7-10)9-16(20-15)17(19)13-8-11(2)3-5-14(13)18/h3-9,17,19H,1-2H3. The van der Waals surface area contributed by atoms with Gasteiger partial charge in [-0.05, 0) is 38.1 Å². The first kappa shape index (κ1) is 12.9. The van der Waals surface area contributed by atoms with Crippen molar-refractivity contribution in [2.24, 2.45) is 0 Å². The van der Waals surface area contributed by atoms with Crippen LogP contribution in [-0.4, -0.2) is 5.11 Å². The van der Waals surface area contributed by atoms with Crippen LogP contribution in [0.3, 0.4) is 0 Å². The molecule has 1 aromatic heterocycles. The lowest BCUT2D eigenvalue weighted by molar-refractivity contribution is 0.187. The predicted octanol–water partition coefficient (Wildman–Crippen LogP) is 4.27. The molecule has 102 valence electrons. The molecule has 0 fully saturated rings. The van der Waals surface area contributed by atoms with E-state index in [1.165, 1.54) is 6.07 Å². The van der Waals surface area contributed by atoms with Crippen molar-refractivity contribution in [2.45, 2.75) is 20.0 Å². The Morgan fingerprint density at radius 1 is 1.00 bits per heavy atom. The molecule has 0 spiro atoms. The lowest BCUT2D eigenvalue weighted by Crippen LogP contribution is -2.01. The topological polar surface area (TPSA) is 33.4 Å². The number of aliphatic hydroxyl groups excluding tert-OH is 1. The second-order valence-electron chi connectivity index (χ2n) is 5.12. The van der Waals surface area contributed by atoms with Gasteiger partial charge in [0.1, 0.15) is 23.3 Å². The SMILES string of the molecule is Cc1ccc(F)c(C(O)c2cc3cc(C)ccc3o2)c1. The summed E-state index contributed by atoms with van der Waals surface area (Å²) in [4.78, 5) is 0. The van der Waals surface area contributed by atoms with E-state index in [4.69, 9.17) is 4.42 Å². The summed E-state index contributed by atoms with van der Waals surface area (Å²) in [6.07, 6.45) is -1.09. The molecule has 0 bridgehead atoms. The molecule has 1 atom stereocenters. The highest BCUT2D eigenvalue weighted by Crippen LogP contribution is 2.30. The van der Waals surface area contributed by atoms with Crippen molar-refractivity contribution < 1.29 is 13.9 Å². The van der Waals surface area contributed by atoms with Crippen LogP contribution in [0.2, 0.25) is 0 Å². The molecule has 1 heterocycles. The maximum absolute atomic E-state index is 13.8. The van der Waals surface area contributed by atoms with Crippen molar-refractivity contribution in [3.05, 3.63) is 70.7 Å². The van der Waals surface area contributed by atoms with Crippen LogP contribution >= 0.6 is 0 Å². The minimum atomic E-state index is -1.09. The van der Waals surface area contributed by atoms with Gasteiger partial charge in [-0.3, -0.25) is 0 Å². The molecule has 0 saturated heterocycles. The highest BCUT2D eigenvalue weighted by atomic mass is 19.1. The van der Waals surface area contributed by atoms with Crippen molar-refractivity contribution in [3.8, 4) is 0 Å². The summed E-state index contributed by atoms with van der Waals surface area (Å²) in [6, 6.07) is 12.2. The number of halogens is 1. The van der Waals surface area contributed by atoms with E-state index in [0.717, 1.165) is 16.5 Å². The third-order valence-corrected chi connectivity index (χ3v) is 3.41. The van der Waals surface area contributed by atoms with Crippen molar-refractivity contribution >= 4 is 11.0 Å². The lowest BCUT2D eigenvalue weighted by atomic mass is 10.0. The van der Waals surface area contributed by atoms with Crippen LogP contribution in [0.25, 0.3) is 11.0 Å². The monoisotopic (exact) mass is 270 g/mol. The maximum atomic E-state index is 13.8. The van der Waals surface area contributed by atoms with E-state index >= 15 is 0 Å². The van der Waals surface area contributed by atoms with Gasteiger partial charge in [0.15, 0.2) is 0 Å². The molecule has 0 saturated carbocycles. The third-order valence-electron chi connectivity index (χ3n) is 3.41. The smallest absolute Gasteiger partial charge is 0.139 e. The summed E-state index contributed by atoms with van der Waals surface area (Å²) in [6.45, 7) is 3.85. The van der Waals surface area contributed by atoms with Crippen LogP contribution in [0.1, 0.15) is 28.6 Å². The Balaban J connectivity index is 2.07. The number of aliphatic hydroxyl groups is 1. The quantitative estimate of drug-likeness (QED) is 0.754. The summed E-state index contributed by atoms with van der Waals surface area (Å²) >= 11 is 0. The van der Waals surface area contributed by atoms with Crippen LogP contribution in [0, 0.1) is 19.7 Å². The zero-order valence-corrected chi connectivity index (χ0v) is 11.4. The van der Waals surface area contributed by atoms with Gasteiger partial charge in [-0.15, -0.1) is 0 Å². The highest BCUT2D eigenvalue weighted by molar-refractivity contribution is 5.78. The lowest BCUT2D eigenvalue weighted by Gasteiger charge is -2.10. The largest absolute Gasteiger partial charge is 0.458 e. The van der Waals surface area contributed by atoms with Gasteiger partial charge in [0, 0.05) is 10.9 Å². The molecule has 1 N–H and O–H groups in total. The Labute approximate surface area is 116 Å². The third kappa shape index (κ3) is 2.21. The zero-order valence-electron chi connectivity index (χ0n) is 11.4. The molecule has 1 unspecified atom stereocenters. The predicted molar refractivity (Wildman–Crippen MR) is 76.1 cm³/mol. The van der Waals surface area contributed by atoms with Gasteiger partial charge < -0.3 is 9.52 Å². The zero-order chi connectivity index (χ0) is 14.3. The molecule has 2 nitrogen and oxygen atoms in total. The Kier molecular flexibility index (Phi) is 3.07. The Morgan fingerprint density at radius 2 is 1.70 bits per heavy atom. The van der Waals surface area contributed by atoms with Gasteiger partial charge in [-0.2, -0.15) is 0 Å². The Morgan fingerprint density at radius 3 is 2.50 bits per heavy atom. The summed E-state index contributed by atoms with van der Waals surface area (Å²) in [7, 11) is 0. The minimum Gasteiger partial charge on any atom is -0.458 e. The summed E-state index contributed by atoms with van der Waals surface area (Å²) in [5.74, 6) is -0.0742. The van der Waals surface area contributed by atoms with Crippen molar-refractivity contribution in [3.63, 3.8) is 0 Å². The fourth-order valence-corrected chi connectivity index (χ4v) is 2.34. The second-order valence-corrected chi connectivity index (χ2v) is 5.12. The van der Waals surface area contributed by atoms with Gasteiger partial charge in [0.25, 0.3) is 0 Å². The van der Waals surface area contributed by atoms with Gasteiger partial charge >= 0.3 is 0 Å². The molecular formula is C17H15FO2. The first-order chi connectivity index (χ1) is 9.54. The molecule has 0 aliphatic rings. The number of rotatable bonds is 2. The van der Waals surface area contributed by atoms with Crippen LogP contribution < -0.4 is 0 Å². The van der Waals surface area contributed by atoms with E-state index in [1.54, 1.807) is 18.2 Å². The molecule has 0 radical (unpaired) electrons. The average Bonchev–Trinajstić information content (AvgIpc) is 2.83. The van der Waals surface area contributed by atoms with Gasteiger partial charge in [0.05, 0.1) is 0 Å². The highest BCUT2D eigenvalue weighted by Gasteiger charge is 2.19. The fraction of sp³-hybridized carbons (Fsp3) is 0.176. The number of hydrogen-bond donors (Lipinski definition) is 1. The molecule has 0 amide bonds. The van der Waals surface area contributed by atoms with Crippen molar-refractivity contribution in [1.29, 1.82) is 0 Å². The Bertz CT molecular complexity index is 774. The second kappa shape index (κ2) is 4.76. The summed E-state index contributed by atoms with van der Waals surface area (Å²) in [5, 5.41) is 11.2. The van der Waals surface area contributed by atoms with E-state index < -0.39 is 11.9 Å². The van der Waals surface area contributed by atoms with E-state index in [9.17, 15) is 9.50 Å². The fourth-order valence-electron chi connectivity index (χ4n) is 2.34. The van der Waals surface area contributed by atoms with E-state index in [1.807, 2.05) is 32.0 Å². The average molecular weight is 270 g/mol. The van der Waals surface area contributed by atoms with Crippen LogP contribution in [0.5, 0.6) is 0 Å². The van der Waals surface area contributed by atoms with Gasteiger partial charge in [0.2, 0.25) is 0 Å². The molecule has 2 aromatic carbocycles. The number of furan rings is 1. The van der Waals surface area contributed by atoms with Gasteiger partial charge in [-0.1, -0.05) is 29.3 Å². The van der Waals surface area contributed by atoms with E-state index in [-0.39, 0.29) is 5.56 Å². The molecule has 0 aliphatic carbocycles. The first-order valence-corrected chi connectivity index (χ1v) is 6.49. The summed E-state index contributed by atoms with van der Waals surface area (Å²) in [5.41, 5.74) is 2.94. The molecule has 3 heteroatoms. The molecule has 0 aliphatic heterocycles. The summed E-state index contributed by atoms with van der Waals surface area (Å²) < 4.78 is 19.4.